The van der Waals surface area contributed by atoms with Gasteiger partial charge in [-0.1, -0.05) is 23.4 Å². The van der Waals surface area contributed by atoms with Crippen LogP contribution in [0.1, 0.15) is 25.5 Å². The van der Waals surface area contributed by atoms with Crippen molar-refractivity contribution in [3.63, 3.8) is 0 Å². The zero-order chi connectivity index (χ0) is 21.6. The monoisotopic (exact) mass is 426 g/mol. The molecule has 3 fully saturated rings. The number of fused-ring (bicyclic) bond motifs is 3. The van der Waals surface area contributed by atoms with Crippen molar-refractivity contribution in [1.82, 2.24) is 30.5 Å². The molecular formula is C22H30N6O3. The summed E-state index contributed by atoms with van der Waals surface area (Å²) in [4.78, 5) is 25.9. The number of rotatable bonds is 9. The topological polar surface area (TPSA) is 101 Å². The molecule has 0 aliphatic carbocycles. The van der Waals surface area contributed by atoms with E-state index in [9.17, 15) is 9.59 Å². The first-order valence-electron chi connectivity index (χ1n) is 10.9. The quantitative estimate of drug-likeness (QED) is 0.576. The number of aromatic nitrogens is 3. The van der Waals surface area contributed by atoms with E-state index < -0.39 is 0 Å². The minimum atomic E-state index is -0.0807. The molecule has 31 heavy (non-hydrogen) atoms. The maximum absolute atomic E-state index is 12.6. The zero-order valence-corrected chi connectivity index (χ0v) is 17.9. The Morgan fingerprint density at radius 1 is 1.19 bits per heavy atom. The number of hydrogen-bond acceptors (Lipinski definition) is 6. The molecule has 2 unspecified atom stereocenters. The third kappa shape index (κ3) is 5.61. The Bertz CT molecular complexity index is 886. The summed E-state index contributed by atoms with van der Waals surface area (Å²) >= 11 is 0. The standard InChI is InChI=1S/C22H30N6O3/c1-16(29)23-8-9-24-22(30)21-14-27-10-7-17(21)11-19(27)13-28-12-18(25-26-28)15-31-20-5-3-2-4-6-20/h2-6,12,17,19,21H,7-11,13-15H2,1H3,(H,23,29)(H,24,30)/t17?,19-,21+/m1/s1. The van der Waals surface area contributed by atoms with Crippen LogP contribution >= 0.6 is 0 Å². The van der Waals surface area contributed by atoms with Crippen LogP contribution in [-0.2, 0) is 22.7 Å². The number of carbonyl (C=O) groups excluding carboxylic acids is 2. The molecule has 0 saturated carbocycles. The van der Waals surface area contributed by atoms with Crippen molar-refractivity contribution in [2.45, 2.75) is 39.0 Å². The molecule has 2 bridgehead atoms. The lowest BCUT2D eigenvalue weighted by atomic mass is 9.75. The number of piperidine rings is 3. The van der Waals surface area contributed by atoms with Gasteiger partial charge in [-0.2, -0.15) is 0 Å². The molecule has 4 atom stereocenters. The summed E-state index contributed by atoms with van der Waals surface area (Å²) < 4.78 is 7.63. The molecule has 3 aliphatic rings. The third-order valence-electron chi connectivity index (χ3n) is 6.13. The number of para-hydroxylation sites is 1. The summed E-state index contributed by atoms with van der Waals surface area (Å²) in [5.74, 6) is 1.24. The predicted octanol–water partition coefficient (Wildman–Crippen LogP) is 0.820. The lowest BCUT2D eigenvalue weighted by molar-refractivity contribution is -0.133. The van der Waals surface area contributed by atoms with Crippen molar-refractivity contribution in [3.05, 3.63) is 42.2 Å². The first-order valence-corrected chi connectivity index (χ1v) is 10.9. The first kappa shape index (κ1) is 21.3. The van der Waals surface area contributed by atoms with Gasteiger partial charge in [0.15, 0.2) is 0 Å². The number of benzene rings is 1. The largest absolute Gasteiger partial charge is 0.487 e. The van der Waals surface area contributed by atoms with Crippen LogP contribution in [0.15, 0.2) is 36.5 Å². The minimum Gasteiger partial charge on any atom is -0.487 e. The molecule has 166 valence electrons. The third-order valence-corrected chi connectivity index (χ3v) is 6.13. The van der Waals surface area contributed by atoms with Gasteiger partial charge in [0.1, 0.15) is 18.1 Å². The van der Waals surface area contributed by atoms with E-state index in [4.69, 9.17) is 4.74 Å². The van der Waals surface area contributed by atoms with Crippen molar-refractivity contribution < 1.29 is 14.3 Å². The predicted molar refractivity (Wildman–Crippen MR) is 114 cm³/mol. The fraction of sp³-hybridized carbons (Fsp3) is 0.545. The first-order chi connectivity index (χ1) is 15.1. The van der Waals surface area contributed by atoms with E-state index in [1.807, 2.05) is 41.2 Å². The zero-order valence-electron chi connectivity index (χ0n) is 17.9. The van der Waals surface area contributed by atoms with E-state index in [0.717, 1.165) is 43.9 Å². The average molecular weight is 427 g/mol. The molecule has 3 aliphatic heterocycles. The highest BCUT2D eigenvalue weighted by Gasteiger charge is 2.43. The minimum absolute atomic E-state index is 0.0212. The Morgan fingerprint density at radius 2 is 2.00 bits per heavy atom. The van der Waals surface area contributed by atoms with Gasteiger partial charge in [0.2, 0.25) is 11.8 Å². The second-order valence-electron chi connectivity index (χ2n) is 8.35. The van der Waals surface area contributed by atoms with Crippen molar-refractivity contribution in [2.24, 2.45) is 11.8 Å². The molecule has 0 spiro atoms. The highest BCUT2D eigenvalue weighted by Crippen LogP contribution is 2.36. The van der Waals surface area contributed by atoms with Gasteiger partial charge in [0.05, 0.1) is 18.7 Å². The van der Waals surface area contributed by atoms with Gasteiger partial charge < -0.3 is 15.4 Å². The van der Waals surface area contributed by atoms with Gasteiger partial charge in [0.25, 0.3) is 0 Å². The number of ether oxygens (including phenoxy) is 1. The molecular weight excluding hydrogens is 396 g/mol. The van der Waals surface area contributed by atoms with Gasteiger partial charge in [0, 0.05) is 32.6 Å². The Labute approximate surface area is 182 Å². The number of nitrogens with zero attached hydrogens (tertiary/aromatic N) is 4. The Balaban J connectivity index is 1.25. The fourth-order valence-electron chi connectivity index (χ4n) is 4.56. The Hall–Kier alpha value is -2.94. The molecule has 9 nitrogen and oxygen atoms in total. The van der Waals surface area contributed by atoms with Gasteiger partial charge in [-0.3, -0.25) is 19.2 Å². The van der Waals surface area contributed by atoms with Crippen molar-refractivity contribution >= 4 is 11.8 Å². The smallest absolute Gasteiger partial charge is 0.224 e. The van der Waals surface area contributed by atoms with Crippen LogP contribution in [0.4, 0.5) is 0 Å². The number of amides is 2. The molecule has 4 heterocycles. The van der Waals surface area contributed by atoms with E-state index in [2.05, 4.69) is 25.8 Å². The maximum Gasteiger partial charge on any atom is 0.224 e. The summed E-state index contributed by atoms with van der Waals surface area (Å²) in [5, 5.41) is 14.2. The van der Waals surface area contributed by atoms with E-state index in [-0.39, 0.29) is 17.7 Å². The van der Waals surface area contributed by atoms with Crippen LogP contribution in [0.2, 0.25) is 0 Å². The number of carbonyl (C=O) groups is 2. The molecule has 2 N–H and O–H groups in total. The van der Waals surface area contributed by atoms with Gasteiger partial charge in [-0.05, 0) is 37.4 Å². The molecule has 2 aromatic rings. The van der Waals surface area contributed by atoms with Gasteiger partial charge in [-0.15, -0.1) is 5.10 Å². The summed E-state index contributed by atoms with van der Waals surface area (Å²) in [6.07, 6.45) is 3.98. The highest BCUT2D eigenvalue weighted by atomic mass is 16.5. The van der Waals surface area contributed by atoms with E-state index in [1.165, 1.54) is 6.92 Å². The fourth-order valence-corrected chi connectivity index (χ4v) is 4.56. The molecule has 1 aromatic carbocycles. The maximum atomic E-state index is 12.6. The molecule has 3 saturated heterocycles. The van der Waals surface area contributed by atoms with Crippen LogP contribution in [0.5, 0.6) is 5.75 Å². The van der Waals surface area contributed by atoms with E-state index >= 15 is 0 Å². The average Bonchev–Trinajstić information content (AvgIpc) is 3.23. The van der Waals surface area contributed by atoms with Crippen molar-refractivity contribution in [2.75, 3.05) is 26.2 Å². The summed E-state index contributed by atoms with van der Waals surface area (Å²) in [6.45, 7) is 5.37. The molecule has 0 radical (unpaired) electrons. The van der Waals surface area contributed by atoms with Gasteiger partial charge >= 0.3 is 0 Å². The normalized spacial score (nSPS) is 24.5. The van der Waals surface area contributed by atoms with Crippen LogP contribution < -0.4 is 15.4 Å². The van der Waals surface area contributed by atoms with Crippen LogP contribution in [0.3, 0.4) is 0 Å². The Morgan fingerprint density at radius 3 is 2.74 bits per heavy atom. The van der Waals surface area contributed by atoms with Crippen LogP contribution in [-0.4, -0.2) is 63.9 Å². The second-order valence-corrected chi connectivity index (χ2v) is 8.35. The van der Waals surface area contributed by atoms with E-state index in [1.54, 1.807) is 0 Å². The summed E-state index contributed by atoms with van der Waals surface area (Å²) in [7, 11) is 0. The SMILES string of the molecule is CC(=O)NCCNC(=O)[C@H]1CN2CCC1C[C@@H]2Cn1cc(COc2ccccc2)nn1. The molecule has 5 rings (SSSR count). The summed E-state index contributed by atoms with van der Waals surface area (Å²) in [5.41, 5.74) is 0.802. The molecule has 9 heteroatoms. The Kier molecular flexibility index (Phi) is 6.81. The number of hydrogen-bond donors (Lipinski definition) is 2. The van der Waals surface area contributed by atoms with Crippen molar-refractivity contribution in [3.8, 4) is 5.75 Å². The molecule has 1 aromatic heterocycles. The van der Waals surface area contributed by atoms with Crippen molar-refractivity contribution in [1.29, 1.82) is 0 Å². The van der Waals surface area contributed by atoms with E-state index in [0.29, 0.717) is 31.7 Å². The number of nitrogens with one attached hydrogen (secondary N) is 2. The van der Waals surface area contributed by atoms with Crippen LogP contribution in [0, 0.1) is 11.8 Å². The lowest BCUT2D eigenvalue weighted by Gasteiger charge is -2.49. The van der Waals surface area contributed by atoms with Crippen LogP contribution in [0.25, 0.3) is 0 Å². The lowest BCUT2D eigenvalue weighted by Crippen LogP contribution is -2.58. The summed E-state index contributed by atoms with van der Waals surface area (Å²) in [6, 6.07) is 10.0. The molecule has 2 amide bonds. The second kappa shape index (κ2) is 9.91. The highest BCUT2D eigenvalue weighted by molar-refractivity contribution is 5.79. The van der Waals surface area contributed by atoms with Gasteiger partial charge in [-0.25, -0.2) is 0 Å².